The Kier molecular flexibility index (Phi) is 7.43. The van der Waals surface area contributed by atoms with Crippen LogP contribution in [0.1, 0.15) is 45.9 Å². The van der Waals surface area contributed by atoms with Crippen LogP contribution in [0.2, 0.25) is 0 Å². The first-order chi connectivity index (χ1) is 16.5. The Labute approximate surface area is 201 Å². The van der Waals surface area contributed by atoms with Crippen LogP contribution in [-0.2, 0) is 11.3 Å². The molecular weight excluding hydrogens is 424 g/mol. The summed E-state index contributed by atoms with van der Waals surface area (Å²) >= 11 is 0. The number of benzene rings is 3. The molecule has 3 aromatic carbocycles. The van der Waals surface area contributed by atoms with Gasteiger partial charge in [0.15, 0.2) is 0 Å². The number of rotatable bonds is 6. The molecule has 3 aromatic rings. The van der Waals surface area contributed by atoms with Gasteiger partial charge in [-0.25, -0.2) is 0 Å². The Morgan fingerprint density at radius 3 is 2.38 bits per heavy atom. The van der Waals surface area contributed by atoms with Crippen molar-refractivity contribution in [1.29, 1.82) is 0 Å². The smallest absolute Gasteiger partial charge is 0.251 e. The quantitative estimate of drug-likeness (QED) is 0.520. The molecule has 5 nitrogen and oxygen atoms in total. The van der Waals surface area contributed by atoms with Gasteiger partial charge in [-0.2, -0.15) is 0 Å². The first kappa shape index (κ1) is 23.3. The molecule has 1 aliphatic rings. The zero-order valence-corrected chi connectivity index (χ0v) is 19.6. The normalized spacial score (nSPS) is 19.1. The number of ether oxygens (including phenoxy) is 1. The van der Waals surface area contributed by atoms with Crippen molar-refractivity contribution in [3.63, 3.8) is 0 Å². The predicted octanol–water partition coefficient (Wildman–Crippen LogP) is 5.22. The van der Waals surface area contributed by atoms with E-state index in [4.69, 9.17) is 4.74 Å². The second-order valence-electron chi connectivity index (χ2n) is 8.63. The molecule has 1 heterocycles. The topological polar surface area (TPSA) is 58.6 Å². The van der Waals surface area contributed by atoms with Crippen molar-refractivity contribution < 1.29 is 14.3 Å². The minimum Gasteiger partial charge on any atom is -0.497 e. The van der Waals surface area contributed by atoms with Crippen LogP contribution in [0.4, 0.5) is 0 Å². The molecule has 0 spiro atoms. The summed E-state index contributed by atoms with van der Waals surface area (Å²) in [7, 11) is 1.59. The third-order valence-corrected chi connectivity index (χ3v) is 6.12. The van der Waals surface area contributed by atoms with Gasteiger partial charge in [0.1, 0.15) is 5.75 Å². The number of nitrogens with zero attached hydrogens (tertiary/aromatic N) is 1. The molecule has 2 atom stereocenters. The first-order valence-corrected chi connectivity index (χ1v) is 11.5. The van der Waals surface area contributed by atoms with Gasteiger partial charge in [0, 0.05) is 24.6 Å². The fourth-order valence-corrected chi connectivity index (χ4v) is 4.18. The molecule has 5 heteroatoms. The fourth-order valence-electron chi connectivity index (χ4n) is 4.18. The molecule has 0 fully saturated rings. The van der Waals surface area contributed by atoms with Gasteiger partial charge < -0.3 is 15.0 Å². The van der Waals surface area contributed by atoms with E-state index in [1.165, 1.54) is 5.56 Å². The molecule has 2 amide bonds. The molecule has 0 aliphatic carbocycles. The van der Waals surface area contributed by atoms with Crippen LogP contribution in [0.5, 0.6) is 5.75 Å². The van der Waals surface area contributed by atoms with E-state index < -0.39 is 0 Å². The van der Waals surface area contributed by atoms with Crippen LogP contribution in [0.3, 0.4) is 0 Å². The number of hydrogen-bond acceptors (Lipinski definition) is 3. The van der Waals surface area contributed by atoms with Crippen molar-refractivity contribution in [2.75, 3.05) is 7.11 Å². The summed E-state index contributed by atoms with van der Waals surface area (Å²) in [6.07, 6.45) is 4.99. The fraction of sp³-hybridized carbons (Fsp3) is 0.241. The highest BCUT2D eigenvalue weighted by atomic mass is 16.5. The summed E-state index contributed by atoms with van der Waals surface area (Å²) in [6, 6.07) is 24.8. The highest BCUT2D eigenvalue weighted by Crippen LogP contribution is 2.28. The molecule has 34 heavy (non-hydrogen) atoms. The Bertz CT molecular complexity index is 1140. The van der Waals surface area contributed by atoms with E-state index in [-0.39, 0.29) is 30.3 Å². The Balaban J connectivity index is 1.56. The summed E-state index contributed by atoms with van der Waals surface area (Å²) in [4.78, 5) is 28.3. The largest absolute Gasteiger partial charge is 0.497 e. The van der Waals surface area contributed by atoms with Gasteiger partial charge in [0.25, 0.3) is 5.91 Å². The number of hydrogen-bond donors (Lipinski definition) is 1. The van der Waals surface area contributed by atoms with Crippen molar-refractivity contribution in [1.82, 2.24) is 10.2 Å². The molecule has 174 valence electrons. The lowest BCUT2D eigenvalue weighted by molar-refractivity contribution is -0.134. The van der Waals surface area contributed by atoms with Crippen molar-refractivity contribution in [2.24, 2.45) is 0 Å². The van der Waals surface area contributed by atoms with Crippen molar-refractivity contribution >= 4 is 11.8 Å². The number of amides is 2. The molecule has 1 N–H and O–H groups in total. The van der Waals surface area contributed by atoms with Gasteiger partial charge in [0.2, 0.25) is 5.91 Å². The van der Waals surface area contributed by atoms with E-state index in [0.29, 0.717) is 24.3 Å². The lowest BCUT2D eigenvalue weighted by atomic mass is 9.97. The standard InChI is InChI=1S/C29H30N2O3/c1-21-11-13-23(14-12-21)27-10-6-9-25(30-29(33)24-15-17-26(34-2)18-16-24)19-28(32)31(27)20-22-7-4-3-5-8-22/h3-8,10-18,25,27H,9,19-20H2,1-2H3,(H,30,33)/b10-6-/t25-,27+/m0/s1. The van der Waals surface area contributed by atoms with E-state index in [1.807, 2.05) is 35.2 Å². The third-order valence-electron chi connectivity index (χ3n) is 6.12. The van der Waals surface area contributed by atoms with Crippen LogP contribution in [-0.4, -0.2) is 29.9 Å². The van der Waals surface area contributed by atoms with E-state index in [0.717, 1.165) is 11.1 Å². The van der Waals surface area contributed by atoms with Crippen LogP contribution in [0.15, 0.2) is 91.0 Å². The molecule has 0 saturated carbocycles. The number of carbonyl (C=O) groups is 2. The average molecular weight is 455 g/mol. The highest BCUT2D eigenvalue weighted by Gasteiger charge is 2.28. The van der Waals surface area contributed by atoms with Gasteiger partial charge in [-0.05, 0) is 48.7 Å². The van der Waals surface area contributed by atoms with Crippen molar-refractivity contribution in [3.05, 3.63) is 113 Å². The molecular formula is C29H30N2O3. The van der Waals surface area contributed by atoms with E-state index in [2.05, 4.69) is 48.7 Å². The van der Waals surface area contributed by atoms with Crippen LogP contribution in [0.25, 0.3) is 0 Å². The molecule has 4 rings (SSSR count). The average Bonchev–Trinajstić information content (AvgIpc) is 2.86. The van der Waals surface area contributed by atoms with Gasteiger partial charge in [-0.3, -0.25) is 9.59 Å². The monoisotopic (exact) mass is 454 g/mol. The second kappa shape index (κ2) is 10.8. The van der Waals surface area contributed by atoms with Crippen LogP contribution >= 0.6 is 0 Å². The minimum atomic E-state index is -0.282. The summed E-state index contributed by atoms with van der Waals surface area (Å²) < 4.78 is 5.17. The Hall–Kier alpha value is -3.86. The zero-order valence-electron chi connectivity index (χ0n) is 19.6. The van der Waals surface area contributed by atoms with Crippen molar-refractivity contribution in [3.8, 4) is 5.75 Å². The maximum absolute atomic E-state index is 13.6. The SMILES string of the molecule is COc1ccc(C(=O)N[C@H]2C/C=C\[C@H](c3ccc(C)cc3)N(Cc3ccccc3)C(=O)C2)cc1. The van der Waals surface area contributed by atoms with Gasteiger partial charge >= 0.3 is 0 Å². The second-order valence-corrected chi connectivity index (χ2v) is 8.63. The molecule has 0 unspecified atom stereocenters. The van der Waals surface area contributed by atoms with E-state index >= 15 is 0 Å². The van der Waals surface area contributed by atoms with E-state index in [1.54, 1.807) is 31.4 Å². The lowest BCUT2D eigenvalue weighted by Crippen LogP contribution is -2.42. The van der Waals surface area contributed by atoms with Crippen LogP contribution in [0, 0.1) is 6.92 Å². The Morgan fingerprint density at radius 1 is 1.00 bits per heavy atom. The number of nitrogens with one attached hydrogen (secondary N) is 1. The summed E-state index contributed by atoms with van der Waals surface area (Å²) in [5.41, 5.74) is 3.87. The predicted molar refractivity (Wildman–Crippen MR) is 134 cm³/mol. The number of carbonyl (C=O) groups excluding carboxylic acids is 2. The molecule has 0 radical (unpaired) electrons. The van der Waals surface area contributed by atoms with Crippen molar-refractivity contribution in [2.45, 2.75) is 38.4 Å². The number of methoxy groups -OCH3 is 1. The number of aryl methyl sites for hydroxylation is 1. The lowest BCUT2D eigenvalue weighted by Gasteiger charge is -2.33. The first-order valence-electron chi connectivity index (χ1n) is 11.5. The maximum atomic E-state index is 13.6. The molecule has 0 aromatic heterocycles. The van der Waals surface area contributed by atoms with Gasteiger partial charge in [-0.1, -0.05) is 72.3 Å². The summed E-state index contributed by atoms with van der Waals surface area (Å²) in [5, 5.41) is 3.04. The third kappa shape index (κ3) is 5.73. The highest BCUT2D eigenvalue weighted by molar-refractivity contribution is 5.94. The van der Waals surface area contributed by atoms with Gasteiger partial charge in [-0.15, -0.1) is 0 Å². The zero-order chi connectivity index (χ0) is 23.9. The van der Waals surface area contributed by atoms with Gasteiger partial charge in [0.05, 0.1) is 13.2 Å². The minimum absolute atomic E-state index is 0.0128. The molecule has 1 aliphatic heterocycles. The summed E-state index contributed by atoms with van der Waals surface area (Å²) in [5.74, 6) is 0.511. The molecule has 0 bridgehead atoms. The summed E-state index contributed by atoms with van der Waals surface area (Å²) in [6.45, 7) is 2.56. The van der Waals surface area contributed by atoms with Crippen LogP contribution < -0.4 is 10.1 Å². The maximum Gasteiger partial charge on any atom is 0.251 e. The molecule has 0 saturated heterocycles. The van der Waals surface area contributed by atoms with E-state index in [9.17, 15) is 9.59 Å². The Morgan fingerprint density at radius 2 is 1.71 bits per heavy atom.